The van der Waals surface area contributed by atoms with Gasteiger partial charge in [0.05, 0.1) is 29.9 Å². The first-order valence-electron chi connectivity index (χ1n) is 11.9. The monoisotopic (exact) mass is 464 g/mol. The number of carbonyl (C=O) groups excluding carboxylic acids is 1. The lowest BCUT2D eigenvalue weighted by atomic mass is 9.93. The average molecular weight is 465 g/mol. The maximum Gasteiger partial charge on any atom is 0.257 e. The zero-order valence-electron chi connectivity index (χ0n) is 19.1. The maximum absolute atomic E-state index is 13.1. The minimum Gasteiger partial charge on any atom is -0.485 e. The van der Waals surface area contributed by atoms with Gasteiger partial charge >= 0.3 is 0 Å². The van der Waals surface area contributed by atoms with Crippen LogP contribution in [0.3, 0.4) is 0 Å². The molecule has 178 valence electrons. The van der Waals surface area contributed by atoms with Crippen LogP contribution in [0.1, 0.15) is 35.2 Å². The van der Waals surface area contributed by atoms with E-state index in [0.29, 0.717) is 74.3 Å². The van der Waals surface area contributed by atoms with Gasteiger partial charge in [-0.2, -0.15) is 9.97 Å². The lowest BCUT2D eigenvalue weighted by Crippen LogP contribution is -2.41. The summed E-state index contributed by atoms with van der Waals surface area (Å²) in [7, 11) is 0. The summed E-state index contributed by atoms with van der Waals surface area (Å²) in [6.45, 7) is 5.05. The highest BCUT2D eigenvalue weighted by Gasteiger charge is 2.28. The first-order valence-corrected chi connectivity index (χ1v) is 11.9. The molecule has 10 heteroatoms. The molecule has 2 aromatic heterocycles. The highest BCUT2D eigenvalue weighted by Crippen LogP contribution is 2.42. The van der Waals surface area contributed by atoms with Crippen molar-refractivity contribution in [2.24, 2.45) is 0 Å². The van der Waals surface area contributed by atoms with Gasteiger partial charge in [-0.15, -0.1) is 0 Å². The number of H-pyrrole nitrogens is 1. The number of nitrogens with one attached hydrogen (secondary N) is 3. The number of rotatable bonds is 5. The molecule has 1 saturated carbocycles. The Morgan fingerprint density at radius 3 is 2.65 bits per heavy atom. The summed E-state index contributed by atoms with van der Waals surface area (Å²) in [5.74, 6) is 2.14. The molecule has 4 heterocycles. The van der Waals surface area contributed by atoms with E-state index in [-0.39, 0.29) is 5.91 Å². The smallest absolute Gasteiger partial charge is 0.257 e. The number of carbonyl (C=O) groups is 1. The van der Waals surface area contributed by atoms with E-state index in [1.54, 1.807) is 11.0 Å². The van der Waals surface area contributed by atoms with Crippen molar-refractivity contribution in [1.29, 1.82) is 0 Å². The number of aromatic amines is 1. The summed E-state index contributed by atoms with van der Waals surface area (Å²) >= 11 is 0. The number of fused-ring (bicyclic) bond motifs is 2. The first kappa shape index (κ1) is 21.0. The van der Waals surface area contributed by atoms with Crippen LogP contribution < -0.4 is 20.1 Å². The third kappa shape index (κ3) is 3.77. The number of ether oxygens (including phenoxy) is 3. The fourth-order valence-corrected chi connectivity index (χ4v) is 4.55. The fourth-order valence-electron chi connectivity index (χ4n) is 4.55. The number of hydrogen-bond acceptors (Lipinski definition) is 8. The molecular weight excluding hydrogens is 436 g/mol. The summed E-state index contributed by atoms with van der Waals surface area (Å²) in [5.41, 5.74) is 3.02. The molecule has 0 radical (unpaired) electrons. The zero-order valence-corrected chi connectivity index (χ0v) is 19.1. The maximum atomic E-state index is 13.1. The highest BCUT2D eigenvalue weighted by molar-refractivity contribution is 5.99. The molecule has 3 aromatic rings. The van der Waals surface area contributed by atoms with Gasteiger partial charge in [0.1, 0.15) is 24.7 Å². The Hall–Kier alpha value is -3.53. The molecule has 0 spiro atoms. The number of aryl methyl sites for hydroxylation is 1. The van der Waals surface area contributed by atoms with Crippen molar-refractivity contribution >= 4 is 34.4 Å². The summed E-state index contributed by atoms with van der Waals surface area (Å²) in [4.78, 5) is 27.6. The van der Waals surface area contributed by atoms with Gasteiger partial charge in [0.2, 0.25) is 5.95 Å². The molecule has 0 atom stereocenters. The number of anilines is 3. The summed E-state index contributed by atoms with van der Waals surface area (Å²) in [6.07, 6.45) is 5.48. The molecule has 34 heavy (non-hydrogen) atoms. The minimum absolute atomic E-state index is 0.0804. The van der Waals surface area contributed by atoms with Crippen LogP contribution in [0.5, 0.6) is 11.5 Å². The number of benzene rings is 1. The van der Waals surface area contributed by atoms with Gasteiger partial charge in [0.25, 0.3) is 5.91 Å². The third-order valence-corrected chi connectivity index (χ3v) is 6.64. The van der Waals surface area contributed by atoms with Crippen molar-refractivity contribution in [3.05, 3.63) is 29.5 Å². The Morgan fingerprint density at radius 1 is 1.09 bits per heavy atom. The van der Waals surface area contributed by atoms with Crippen molar-refractivity contribution in [3.8, 4) is 11.5 Å². The van der Waals surface area contributed by atoms with Crippen LogP contribution in [-0.2, 0) is 4.74 Å². The fraction of sp³-hybridized carbons (Fsp3) is 0.458. The predicted molar refractivity (Wildman–Crippen MR) is 127 cm³/mol. The Balaban J connectivity index is 1.34. The van der Waals surface area contributed by atoms with Crippen molar-refractivity contribution in [2.75, 3.05) is 50.2 Å². The molecule has 6 rings (SSSR count). The van der Waals surface area contributed by atoms with Crippen LogP contribution in [0.25, 0.3) is 11.0 Å². The van der Waals surface area contributed by atoms with Crippen LogP contribution in [0.15, 0.2) is 18.3 Å². The molecule has 1 aliphatic carbocycles. The van der Waals surface area contributed by atoms with Crippen LogP contribution in [-0.4, -0.2) is 71.3 Å². The Bertz CT molecular complexity index is 1230. The van der Waals surface area contributed by atoms with Crippen molar-refractivity contribution in [3.63, 3.8) is 0 Å². The summed E-state index contributed by atoms with van der Waals surface area (Å²) in [5, 5.41) is 7.87. The first-order chi connectivity index (χ1) is 16.7. The van der Waals surface area contributed by atoms with Gasteiger partial charge < -0.3 is 34.7 Å². The third-order valence-electron chi connectivity index (χ3n) is 6.64. The van der Waals surface area contributed by atoms with E-state index in [1.165, 1.54) is 6.42 Å². The molecular formula is C24H28N6O4. The average Bonchev–Trinajstić information content (AvgIpc) is 3.22. The van der Waals surface area contributed by atoms with Crippen LogP contribution in [0, 0.1) is 6.92 Å². The number of aromatic nitrogens is 3. The lowest BCUT2D eigenvalue weighted by Gasteiger charge is -2.29. The summed E-state index contributed by atoms with van der Waals surface area (Å²) in [6, 6.07) is 4.04. The topological polar surface area (TPSA) is 114 Å². The Morgan fingerprint density at radius 2 is 1.88 bits per heavy atom. The second-order valence-electron chi connectivity index (χ2n) is 8.91. The second kappa shape index (κ2) is 8.68. The number of morpholine rings is 1. The summed E-state index contributed by atoms with van der Waals surface area (Å²) < 4.78 is 17.2. The van der Waals surface area contributed by atoms with E-state index in [2.05, 4.69) is 20.6 Å². The predicted octanol–water partition coefficient (Wildman–Crippen LogP) is 3.22. The molecule has 1 saturated heterocycles. The van der Waals surface area contributed by atoms with Gasteiger partial charge in [-0.1, -0.05) is 0 Å². The van der Waals surface area contributed by atoms with Crippen LogP contribution in [0.4, 0.5) is 17.5 Å². The Kier molecular flexibility index (Phi) is 5.37. The minimum atomic E-state index is -0.0804. The van der Waals surface area contributed by atoms with E-state index in [9.17, 15) is 4.79 Å². The van der Waals surface area contributed by atoms with Gasteiger partial charge in [0.15, 0.2) is 11.5 Å². The molecule has 3 N–H and O–H groups in total. The molecule has 10 nitrogen and oxygen atoms in total. The molecule has 1 aromatic carbocycles. The van der Waals surface area contributed by atoms with Crippen LogP contribution >= 0.6 is 0 Å². The van der Waals surface area contributed by atoms with Crippen LogP contribution in [0.2, 0.25) is 0 Å². The standard InChI is InChI=1S/C24H28N6O4/c1-14-13-25-21-18(14)22(26-15-3-2-4-15)29-24(28-21)27-17-6-5-16(19-20(17)34-12-11-33-19)23(31)30-7-9-32-10-8-30/h5-6,13,15H,2-4,7-12H2,1H3,(H3,25,26,27,28,29). The van der Waals surface area contributed by atoms with E-state index < -0.39 is 0 Å². The van der Waals surface area contributed by atoms with E-state index >= 15 is 0 Å². The zero-order chi connectivity index (χ0) is 23.1. The van der Waals surface area contributed by atoms with Gasteiger partial charge in [0, 0.05) is 25.3 Å². The van der Waals surface area contributed by atoms with Crippen molar-refractivity contribution in [2.45, 2.75) is 32.2 Å². The van der Waals surface area contributed by atoms with Gasteiger partial charge in [-0.25, -0.2) is 0 Å². The lowest BCUT2D eigenvalue weighted by molar-refractivity contribution is 0.0298. The molecule has 1 amide bonds. The van der Waals surface area contributed by atoms with Crippen molar-refractivity contribution < 1.29 is 19.0 Å². The number of nitrogens with zero attached hydrogens (tertiary/aromatic N) is 3. The Labute approximate surface area is 197 Å². The van der Waals surface area contributed by atoms with E-state index in [0.717, 1.165) is 35.3 Å². The molecule has 2 fully saturated rings. The van der Waals surface area contributed by atoms with E-state index in [4.69, 9.17) is 19.2 Å². The SMILES string of the molecule is Cc1c[nH]c2nc(Nc3ccc(C(=O)N4CCOCC4)c4c3OCCO4)nc(NC3CCC3)c12. The normalized spacial score (nSPS) is 18.0. The second-order valence-corrected chi connectivity index (χ2v) is 8.91. The molecule has 2 aliphatic heterocycles. The molecule has 3 aliphatic rings. The van der Waals surface area contributed by atoms with Gasteiger partial charge in [-0.3, -0.25) is 4.79 Å². The number of amides is 1. The highest BCUT2D eigenvalue weighted by atomic mass is 16.6. The largest absolute Gasteiger partial charge is 0.485 e. The molecule has 0 bridgehead atoms. The molecule has 0 unspecified atom stereocenters. The number of hydrogen-bond donors (Lipinski definition) is 3. The van der Waals surface area contributed by atoms with E-state index in [1.807, 2.05) is 19.2 Å². The van der Waals surface area contributed by atoms with Crippen molar-refractivity contribution in [1.82, 2.24) is 19.9 Å². The van der Waals surface area contributed by atoms with Gasteiger partial charge in [-0.05, 0) is 43.9 Å². The quantitative estimate of drug-likeness (QED) is 0.528.